The fourth-order valence-electron chi connectivity index (χ4n) is 5.03. The predicted octanol–water partition coefficient (Wildman–Crippen LogP) is 6.49. The van der Waals surface area contributed by atoms with Gasteiger partial charge in [-0.15, -0.1) is 0 Å². The number of hydrogen-bond acceptors (Lipinski definition) is 4. The van der Waals surface area contributed by atoms with Gasteiger partial charge in [-0.25, -0.2) is 0 Å². The van der Waals surface area contributed by atoms with Crippen LogP contribution in [0.4, 0.5) is 5.69 Å². The van der Waals surface area contributed by atoms with E-state index < -0.39 is 0 Å². The van der Waals surface area contributed by atoms with Crippen molar-refractivity contribution in [1.82, 2.24) is 4.98 Å². The van der Waals surface area contributed by atoms with Gasteiger partial charge < -0.3 is 10.1 Å². The van der Waals surface area contributed by atoms with E-state index >= 15 is 0 Å². The van der Waals surface area contributed by atoms with Crippen LogP contribution in [-0.2, 0) is 11.4 Å². The Hall–Kier alpha value is -3.92. The molecule has 0 bridgehead atoms. The summed E-state index contributed by atoms with van der Waals surface area (Å²) in [7, 11) is 0. The molecule has 0 amide bonds. The maximum absolute atomic E-state index is 13.1. The van der Waals surface area contributed by atoms with Gasteiger partial charge in [0.05, 0.1) is 11.6 Å². The lowest BCUT2D eigenvalue weighted by atomic mass is 9.77. The first-order valence-electron chi connectivity index (χ1n) is 11.5. The van der Waals surface area contributed by atoms with Gasteiger partial charge in [0.25, 0.3) is 0 Å². The number of carbonyl (C=O) groups excluding carboxylic acids is 1. The lowest BCUT2D eigenvalue weighted by molar-refractivity contribution is -0.116. The zero-order chi connectivity index (χ0) is 22.2. The molecular weight excluding hydrogens is 408 g/mol. The van der Waals surface area contributed by atoms with Crippen molar-refractivity contribution in [3.8, 4) is 5.75 Å². The summed E-state index contributed by atoms with van der Waals surface area (Å²) in [5, 5.41) is 4.77. The molecule has 4 heteroatoms. The minimum Gasteiger partial charge on any atom is -0.489 e. The van der Waals surface area contributed by atoms with Crippen LogP contribution in [0.2, 0.25) is 0 Å². The van der Waals surface area contributed by atoms with E-state index in [2.05, 4.69) is 52.8 Å². The topological polar surface area (TPSA) is 51.2 Å². The fourth-order valence-corrected chi connectivity index (χ4v) is 5.03. The molecule has 33 heavy (non-hydrogen) atoms. The second-order valence-electron chi connectivity index (χ2n) is 8.65. The molecule has 0 fully saturated rings. The third-order valence-electron chi connectivity index (χ3n) is 6.59. The predicted molar refractivity (Wildman–Crippen MR) is 131 cm³/mol. The summed E-state index contributed by atoms with van der Waals surface area (Å²) in [6, 6.07) is 26.3. The average molecular weight is 433 g/mol. The minimum atomic E-state index is -0.155. The summed E-state index contributed by atoms with van der Waals surface area (Å²) >= 11 is 0. The third kappa shape index (κ3) is 3.58. The van der Waals surface area contributed by atoms with Crippen molar-refractivity contribution in [2.75, 3.05) is 5.32 Å². The van der Waals surface area contributed by atoms with Crippen molar-refractivity contribution < 1.29 is 9.53 Å². The number of nitrogens with zero attached hydrogens (tertiary/aromatic N) is 1. The van der Waals surface area contributed by atoms with Crippen molar-refractivity contribution in [3.05, 3.63) is 107 Å². The van der Waals surface area contributed by atoms with E-state index in [0.717, 1.165) is 57.4 Å². The van der Waals surface area contributed by atoms with Crippen LogP contribution in [0.3, 0.4) is 0 Å². The van der Waals surface area contributed by atoms with Gasteiger partial charge in [-0.3, -0.25) is 9.78 Å². The number of aromatic nitrogens is 1. The number of ketones is 1. The number of allylic oxidation sites excluding steroid dienone is 1. The Morgan fingerprint density at radius 3 is 2.61 bits per heavy atom. The van der Waals surface area contributed by atoms with Crippen LogP contribution < -0.4 is 10.1 Å². The average Bonchev–Trinajstić information content (AvgIpc) is 2.88. The lowest BCUT2D eigenvalue weighted by Gasteiger charge is -2.35. The Morgan fingerprint density at radius 1 is 0.909 bits per heavy atom. The van der Waals surface area contributed by atoms with E-state index in [9.17, 15) is 4.79 Å². The Balaban J connectivity index is 1.36. The van der Waals surface area contributed by atoms with E-state index in [0.29, 0.717) is 13.0 Å². The van der Waals surface area contributed by atoms with Crippen molar-refractivity contribution in [1.29, 1.82) is 0 Å². The number of fused-ring (bicyclic) bond motifs is 4. The maximum atomic E-state index is 13.1. The Kier molecular flexibility index (Phi) is 4.91. The molecule has 0 saturated carbocycles. The van der Waals surface area contributed by atoms with Crippen LogP contribution in [0, 0.1) is 0 Å². The zero-order valence-electron chi connectivity index (χ0n) is 18.3. The summed E-state index contributed by atoms with van der Waals surface area (Å²) < 4.78 is 5.96. The molecular formula is C29H24N2O2. The van der Waals surface area contributed by atoms with Crippen molar-refractivity contribution in [2.24, 2.45) is 0 Å². The highest BCUT2D eigenvalue weighted by atomic mass is 16.5. The van der Waals surface area contributed by atoms with E-state index in [1.54, 1.807) is 0 Å². The quantitative estimate of drug-likeness (QED) is 0.401. The fraction of sp³-hybridized carbons (Fsp3) is 0.172. The number of nitrogens with one attached hydrogen (secondary N) is 1. The number of pyridine rings is 1. The summed E-state index contributed by atoms with van der Waals surface area (Å²) in [6.45, 7) is 0.532. The van der Waals surface area contributed by atoms with E-state index in [1.807, 2.05) is 42.6 Å². The normalized spacial score (nSPS) is 17.3. The van der Waals surface area contributed by atoms with Crippen molar-refractivity contribution >= 4 is 27.9 Å². The largest absolute Gasteiger partial charge is 0.489 e. The van der Waals surface area contributed by atoms with E-state index in [-0.39, 0.29) is 11.8 Å². The van der Waals surface area contributed by atoms with Gasteiger partial charge in [0, 0.05) is 34.8 Å². The molecule has 1 atom stereocenters. The summed E-state index contributed by atoms with van der Waals surface area (Å²) in [4.78, 5) is 17.7. The highest BCUT2D eigenvalue weighted by Gasteiger charge is 2.34. The minimum absolute atomic E-state index is 0.155. The van der Waals surface area contributed by atoms with Crippen LogP contribution in [0.1, 0.15) is 42.0 Å². The Morgan fingerprint density at radius 2 is 1.76 bits per heavy atom. The molecule has 1 N–H and O–H groups in total. The molecule has 1 aliphatic heterocycles. The van der Waals surface area contributed by atoms with Gasteiger partial charge in [0.2, 0.25) is 0 Å². The molecule has 6 rings (SSSR count). The maximum Gasteiger partial charge on any atom is 0.161 e. The van der Waals surface area contributed by atoms with Crippen LogP contribution in [0.15, 0.2) is 90.6 Å². The molecule has 3 aromatic carbocycles. The third-order valence-corrected chi connectivity index (χ3v) is 6.59. The summed E-state index contributed by atoms with van der Waals surface area (Å²) in [6.07, 6.45) is 4.23. The molecule has 1 unspecified atom stereocenters. The molecule has 4 nitrogen and oxygen atoms in total. The van der Waals surface area contributed by atoms with E-state index in [4.69, 9.17) is 4.74 Å². The highest BCUT2D eigenvalue weighted by molar-refractivity contribution is 6.12. The van der Waals surface area contributed by atoms with Crippen LogP contribution >= 0.6 is 0 Å². The highest BCUT2D eigenvalue weighted by Crippen LogP contribution is 2.47. The molecule has 2 heterocycles. The molecule has 162 valence electrons. The van der Waals surface area contributed by atoms with Gasteiger partial charge >= 0.3 is 0 Å². The number of Topliss-reactive ketones (excluding diaryl/α,β-unsaturated/α-hetero) is 1. The molecule has 1 aliphatic carbocycles. The van der Waals surface area contributed by atoms with Gasteiger partial charge in [-0.2, -0.15) is 0 Å². The van der Waals surface area contributed by atoms with Crippen LogP contribution in [0.5, 0.6) is 5.75 Å². The Labute approximate surface area is 192 Å². The van der Waals surface area contributed by atoms with Crippen LogP contribution in [-0.4, -0.2) is 10.8 Å². The first kappa shape index (κ1) is 19.7. The number of benzene rings is 3. The van der Waals surface area contributed by atoms with Gasteiger partial charge in [0.1, 0.15) is 12.4 Å². The lowest BCUT2D eigenvalue weighted by Crippen LogP contribution is -2.27. The molecule has 1 aromatic heterocycles. The monoisotopic (exact) mass is 432 g/mol. The van der Waals surface area contributed by atoms with Crippen molar-refractivity contribution in [2.45, 2.75) is 31.9 Å². The van der Waals surface area contributed by atoms with Gasteiger partial charge in [-0.05, 0) is 59.9 Å². The second kappa shape index (κ2) is 8.21. The summed E-state index contributed by atoms with van der Waals surface area (Å²) in [5.74, 6) is 1.06. The molecule has 0 spiro atoms. The number of carbonyl (C=O) groups is 1. The number of hydrogen-bond donors (Lipinski definition) is 1. The SMILES string of the molecule is O=C1CCCC2=C1C(c1ccc(OCc3ccccc3)cc1)Nc1ccc3ncccc3c12. The molecule has 0 radical (unpaired) electrons. The van der Waals surface area contributed by atoms with Crippen molar-refractivity contribution in [3.63, 3.8) is 0 Å². The second-order valence-corrected chi connectivity index (χ2v) is 8.65. The number of anilines is 1. The van der Waals surface area contributed by atoms with E-state index in [1.165, 1.54) is 5.57 Å². The Bertz CT molecular complexity index is 1370. The van der Waals surface area contributed by atoms with Gasteiger partial charge in [0.15, 0.2) is 5.78 Å². The zero-order valence-corrected chi connectivity index (χ0v) is 18.3. The first-order chi connectivity index (χ1) is 16.3. The first-order valence-corrected chi connectivity index (χ1v) is 11.5. The van der Waals surface area contributed by atoms with Gasteiger partial charge in [-0.1, -0.05) is 48.5 Å². The smallest absolute Gasteiger partial charge is 0.161 e. The molecule has 0 saturated heterocycles. The number of ether oxygens (including phenoxy) is 1. The van der Waals surface area contributed by atoms with Crippen LogP contribution in [0.25, 0.3) is 16.5 Å². The number of rotatable bonds is 4. The standard InChI is InChI=1S/C29H24N2O2/c32-26-10-4-8-23-27-22-9-5-17-30-24(22)15-16-25(27)31-29(28(23)26)20-11-13-21(14-12-20)33-18-19-6-2-1-3-7-19/h1-3,5-7,9,11-17,29,31H,4,8,10,18H2. The molecule has 2 aliphatic rings. The summed E-state index contributed by atoms with van der Waals surface area (Å²) in [5.41, 5.74) is 7.46. The molecule has 4 aromatic rings.